The lowest BCUT2D eigenvalue weighted by molar-refractivity contribution is 0.317. The molecule has 0 spiro atoms. The molecule has 0 saturated heterocycles. The molecule has 6 heteroatoms. The van der Waals surface area contributed by atoms with E-state index in [1.807, 2.05) is 25.1 Å². The molecule has 1 aliphatic carbocycles. The third kappa shape index (κ3) is 4.20. The van der Waals surface area contributed by atoms with Crippen LogP contribution >= 0.6 is 0 Å². The van der Waals surface area contributed by atoms with Gasteiger partial charge in [-0.2, -0.15) is 0 Å². The Morgan fingerprint density at radius 1 is 1.29 bits per heavy atom. The van der Waals surface area contributed by atoms with Crippen LogP contribution in [0.1, 0.15) is 37.3 Å². The van der Waals surface area contributed by atoms with Crippen LogP contribution in [0.2, 0.25) is 0 Å². The van der Waals surface area contributed by atoms with E-state index in [2.05, 4.69) is 5.16 Å². The number of aryl methyl sites for hydroxylation is 1. The van der Waals surface area contributed by atoms with Crippen molar-refractivity contribution in [2.45, 2.75) is 32.6 Å². The number of fused-ring (bicyclic) bond motifs is 1. The second-order valence-electron chi connectivity index (χ2n) is 5.22. The highest BCUT2D eigenvalue weighted by Crippen LogP contribution is 2.26. The summed E-state index contributed by atoms with van der Waals surface area (Å²) < 4.78 is 28.8. The number of hydrogen-bond acceptors (Lipinski definition) is 5. The Labute approximate surface area is 125 Å². The van der Waals surface area contributed by atoms with Gasteiger partial charge >= 0.3 is 0 Å². The van der Waals surface area contributed by atoms with E-state index >= 15 is 0 Å². The number of hydrogen-bond donors (Lipinski definition) is 1. The van der Waals surface area contributed by atoms with Crippen molar-refractivity contribution in [2.75, 3.05) is 18.1 Å². The fraction of sp³-hybridized carbons (Fsp3) is 0.533. The van der Waals surface area contributed by atoms with E-state index in [1.54, 1.807) is 0 Å². The number of sulfone groups is 1. The second kappa shape index (κ2) is 6.93. The summed E-state index contributed by atoms with van der Waals surface area (Å²) in [6.45, 7) is 1.99. The predicted octanol–water partition coefficient (Wildman–Crippen LogP) is 2.40. The zero-order valence-corrected chi connectivity index (χ0v) is 13.0. The van der Waals surface area contributed by atoms with Gasteiger partial charge < -0.3 is 9.94 Å². The van der Waals surface area contributed by atoms with Crippen LogP contribution in [0.15, 0.2) is 23.4 Å². The van der Waals surface area contributed by atoms with Crippen molar-refractivity contribution in [3.05, 3.63) is 29.3 Å². The van der Waals surface area contributed by atoms with Crippen molar-refractivity contribution in [2.24, 2.45) is 5.16 Å². The lowest BCUT2D eigenvalue weighted by atomic mass is 9.90. The Bertz CT molecular complexity index is 623. The number of nitrogens with zero attached hydrogens (tertiary/aromatic N) is 1. The third-order valence-electron chi connectivity index (χ3n) is 3.55. The summed E-state index contributed by atoms with van der Waals surface area (Å²) in [6.07, 6.45) is 3.30. The maximum Gasteiger partial charge on any atom is 0.153 e. The van der Waals surface area contributed by atoms with Crippen LogP contribution < -0.4 is 4.74 Å². The van der Waals surface area contributed by atoms with E-state index in [0.29, 0.717) is 17.9 Å². The van der Waals surface area contributed by atoms with Crippen LogP contribution in [-0.2, 0) is 16.3 Å². The molecule has 0 saturated carbocycles. The minimum Gasteiger partial charge on any atom is -0.493 e. The van der Waals surface area contributed by atoms with Gasteiger partial charge in [0.2, 0.25) is 0 Å². The van der Waals surface area contributed by atoms with Crippen molar-refractivity contribution in [1.29, 1.82) is 0 Å². The first-order valence-electron chi connectivity index (χ1n) is 7.23. The van der Waals surface area contributed by atoms with Gasteiger partial charge in [-0.25, -0.2) is 8.42 Å². The van der Waals surface area contributed by atoms with Gasteiger partial charge in [0.1, 0.15) is 12.4 Å². The molecule has 0 atom stereocenters. The average molecular weight is 311 g/mol. The maximum absolute atomic E-state index is 11.6. The summed E-state index contributed by atoms with van der Waals surface area (Å²) >= 11 is 0. The minimum absolute atomic E-state index is 0.0267. The fourth-order valence-corrected chi connectivity index (χ4v) is 3.68. The zero-order valence-electron chi connectivity index (χ0n) is 12.2. The van der Waals surface area contributed by atoms with E-state index < -0.39 is 9.84 Å². The van der Waals surface area contributed by atoms with Gasteiger partial charge in [0, 0.05) is 5.56 Å². The van der Waals surface area contributed by atoms with E-state index in [0.717, 1.165) is 30.4 Å². The molecule has 116 valence electrons. The normalized spacial score (nSPS) is 16.7. The molecule has 0 amide bonds. The van der Waals surface area contributed by atoms with Gasteiger partial charge in [0.25, 0.3) is 0 Å². The molecule has 0 unspecified atom stereocenters. The number of rotatable bonds is 6. The summed E-state index contributed by atoms with van der Waals surface area (Å²) in [5.74, 6) is 0.837. The highest BCUT2D eigenvalue weighted by molar-refractivity contribution is 7.91. The summed E-state index contributed by atoms with van der Waals surface area (Å²) in [4.78, 5) is 0. The average Bonchev–Trinajstić information content (AvgIpc) is 2.46. The van der Waals surface area contributed by atoms with Gasteiger partial charge in [0.15, 0.2) is 9.84 Å². The number of ether oxygens (including phenoxy) is 1. The zero-order chi connectivity index (χ0) is 15.3. The van der Waals surface area contributed by atoms with Crippen LogP contribution in [-0.4, -0.2) is 37.4 Å². The second-order valence-corrected chi connectivity index (χ2v) is 7.52. The summed E-state index contributed by atoms with van der Waals surface area (Å²) in [5.41, 5.74) is 2.71. The first-order chi connectivity index (χ1) is 10.1. The molecule has 1 aromatic rings. The van der Waals surface area contributed by atoms with Crippen molar-refractivity contribution < 1.29 is 18.4 Å². The lowest BCUT2D eigenvalue weighted by Crippen LogP contribution is -2.17. The van der Waals surface area contributed by atoms with Gasteiger partial charge in [0.05, 0.1) is 17.2 Å². The van der Waals surface area contributed by atoms with E-state index in [4.69, 9.17) is 9.94 Å². The smallest absolute Gasteiger partial charge is 0.153 e. The number of benzene rings is 1. The SMILES string of the molecule is CCCS(=O)(=O)CCOc1ccc2c(c1)/C(=N\O)CCC2. The van der Waals surface area contributed by atoms with Gasteiger partial charge in [-0.15, -0.1) is 0 Å². The molecule has 0 radical (unpaired) electrons. The molecular weight excluding hydrogens is 290 g/mol. The summed E-state index contributed by atoms with van der Waals surface area (Å²) in [6, 6.07) is 5.62. The molecule has 2 rings (SSSR count). The molecule has 0 bridgehead atoms. The fourth-order valence-electron chi connectivity index (χ4n) is 2.52. The van der Waals surface area contributed by atoms with Gasteiger partial charge in [-0.05, 0) is 43.4 Å². The molecule has 5 nitrogen and oxygen atoms in total. The van der Waals surface area contributed by atoms with Gasteiger partial charge in [-0.3, -0.25) is 0 Å². The topological polar surface area (TPSA) is 76.0 Å². The summed E-state index contributed by atoms with van der Waals surface area (Å²) in [5, 5.41) is 12.4. The molecule has 1 N–H and O–H groups in total. The number of oxime groups is 1. The van der Waals surface area contributed by atoms with Crippen LogP contribution in [0.3, 0.4) is 0 Å². The van der Waals surface area contributed by atoms with Crippen LogP contribution in [0.25, 0.3) is 0 Å². The first kappa shape index (κ1) is 15.8. The van der Waals surface area contributed by atoms with E-state index in [-0.39, 0.29) is 18.1 Å². The molecule has 0 aliphatic heterocycles. The van der Waals surface area contributed by atoms with Crippen LogP contribution in [0.4, 0.5) is 0 Å². The quantitative estimate of drug-likeness (QED) is 0.646. The Morgan fingerprint density at radius 3 is 2.81 bits per heavy atom. The van der Waals surface area contributed by atoms with Crippen LogP contribution in [0, 0.1) is 0 Å². The minimum atomic E-state index is -3.02. The van der Waals surface area contributed by atoms with E-state index in [1.165, 1.54) is 0 Å². The third-order valence-corrected chi connectivity index (χ3v) is 5.37. The van der Waals surface area contributed by atoms with Crippen molar-refractivity contribution in [1.82, 2.24) is 0 Å². The molecule has 1 aliphatic rings. The Hall–Kier alpha value is -1.56. The molecule has 21 heavy (non-hydrogen) atoms. The van der Waals surface area contributed by atoms with Crippen molar-refractivity contribution >= 4 is 15.5 Å². The molecule has 0 aromatic heterocycles. The largest absolute Gasteiger partial charge is 0.493 e. The first-order valence-corrected chi connectivity index (χ1v) is 9.05. The van der Waals surface area contributed by atoms with Crippen LogP contribution in [0.5, 0.6) is 5.75 Å². The summed E-state index contributed by atoms with van der Waals surface area (Å²) in [7, 11) is -3.02. The van der Waals surface area contributed by atoms with Crippen molar-refractivity contribution in [3.63, 3.8) is 0 Å². The highest BCUT2D eigenvalue weighted by Gasteiger charge is 2.17. The van der Waals surface area contributed by atoms with Gasteiger partial charge in [-0.1, -0.05) is 18.1 Å². The molecule has 0 heterocycles. The van der Waals surface area contributed by atoms with E-state index in [9.17, 15) is 8.42 Å². The Balaban J connectivity index is 2.02. The lowest BCUT2D eigenvalue weighted by Gasteiger charge is -2.18. The Morgan fingerprint density at radius 2 is 2.10 bits per heavy atom. The highest BCUT2D eigenvalue weighted by atomic mass is 32.2. The Kier molecular flexibility index (Phi) is 5.22. The predicted molar refractivity (Wildman–Crippen MR) is 82.1 cm³/mol. The maximum atomic E-state index is 11.6. The van der Waals surface area contributed by atoms with Crippen molar-refractivity contribution in [3.8, 4) is 5.75 Å². The molecule has 0 fully saturated rings. The monoisotopic (exact) mass is 311 g/mol. The standard InChI is InChI=1S/C15H21NO4S/c1-2-9-21(18,19)10-8-20-13-7-6-12-4-3-5-15(16-17)14(12)11-13/h6-7,11,17H,2-5,8-10H2,1H3/b16-15-. The molecule has 1 aromatic carbocycles. The molecular formula is C15H21NO4S.